The average molecular weight is 199 g/mol. The third-order valence-electron chi connectivity index (χ3n) is 0. The van der Waals surface area contributed by atoms with Crippen molar-refractivity contribution < 1.29 is 103 Å². The van der Waals surface area contributed by atoms with E-state index in [4.69, 9.17) is 19.2 Å². The van der Waals surface area contributed by atoms with E-state index in [9.17, 15) is 0 Å². The van der Waals surface area contributed by atoms with Gasteiger partial charge in [0, 0.05) is 0 Å². The molecular weight excluding hydrogens is 193 g/mol. The average Bonchev–Trinajstić information content (AvgIpc) is 0.722. The Morgan fingerprint density at radius 1 is 1.25 bits per heavy atom. The molecule has 0 rings (SSSR count). The molecule has 0 aromatic carbocycles. The first-order valence-corrected chi connectivity index (χ1v) is 2.35. The van der Waals surface area contributed by atoms with E-state index in [1.807, 2.05) is 0 Å². The molecule has 0 heterocycles. The van der Waals surface area contributed by atoms with Crippen molar-refractivity contribution in [3.63, 3.8) is 0 Å². The normalized spacial score (nSPS) is 7.38. The zero-order chi connectivity index (χ0) is 4.50. The standard InChI is InChI=1S/ClH.K.Na.H3O4P.2H/c;;;1-5(2,3)4;;/h1H;;;(H3,1,2,3,4);;/q;2*+1;;2*-1. The van der Waals surface area contributed by atoms with E-state index in [0.717, 1.165) is 0 Å². The molecule has 0 aliphatic rings. The molecule has 0 aromatic heterocycles. The van der Waals surface area contributed by atoms with Crippen LogP contribution < -0.4 is 80.9 Å². The van der Waals surface area contributed by atoms with Gasteiger partial charge in [0.25, 0.3) is 0 Å². The summed E-state index contributed by atoms with van der Waals surface area (Å²) >= 11 is 0. The van der Waals surface area contributed by atoms with Crippen LogP contribution in [0.2, 0.25) is 0 Å². The van der Waals surface area contributed by atoms with Crippen LogP contribution in [0.25, 0.3) is 0 Å². The molecule has 0 amide bonds. The summed E-state index contributed by atoms with van der Waals surface area (Å²) in [7, 11) is -4.64. The first kappa shape index (κ1) is 22.5. The maximum Gasteiger partial charge on any atom is 1.00 e. The second kappa shape index (κ2) is 10.0. The second-order valence-electron chi connectivity index (χ2n) is 0.513. The van der Waals surface area contributed by atoms with Crippen molar-refractivity contribution in [2.75, 3.05) is 0 Å². The molecule has 0 aromatic rings. The molecular formula is H6ClKNaO4P. The summed E-state index contributed by atoms with van der Waals surface area (Å²) in [6, 6.07) is 0. The summed E-state index contributed by atoms with van der Waals surface area (Å²) in [5.74, 6) is 0. The topological polar surface area (TPSA) is 77.8 Å². The first-order valence-electron chi connectivity index (χ1n) is 0.783. The van der Waals surface area contributed by atoms with Crippen molar-refractivity contribution in [2.24, 2.45) is 0 Å². The minimum atomic E-state index is -4.64. The minimum absolute atomic E-state index is 0. The quantitative estimate of drug-likeness (QED) is 0.267. The maximum atomic E-state index is 8.88. The van der Waals surface area contributed by atoms with E-state index in [1.165, 1.54) is 0 Å². The van der Waals surface area contributed by atoms with E-state index in [2.05, 4.69) is 0 Å². The fraction of sp³-hybridized carbons (Fsp3) is 0. The van der Waals surface area contributed by atoms with Crippen molar-refractivity contribution in [3.05, 3.63) is 0 Å². The summed E-state index contributed by atoms with van der Waals surface area (Å²) in [4.78, 5) is 21.6. The molecule has 0 radical (unpaired) electrons. The molecule has 0 spiro atoms. The Hall–Kier alpha value is 3.04. The molecule has 8 heavy (non-hydrogen) atoms. The Labute approximate surface area is 121 Å². The van der Waals surface area contributed by atoms with Crippen molar-refractivity contribution in [3.8, 4) is 0 Å². The number of phosphoric acid groups is 1. The van der Waals surface area contributed by atoms with Crippen LogP contribution in [-0.4, -0.2) is 14.7 Å². The van der Waals surface area contributed by atoms with Gasteiger partial charge in [-0.2, -0.15) is 0 Å². The van der Waals surface area contributed by atoms with Gasteiger partial charge in [0.15, 0.2) is 0 Å². The molecule has 3 N–H and O–H groups in total. The third-order valence-corrected chi connectivity index (χ3v) is 0. The van der Waals surface area contributed by atoms with Crippen LogP contribution in [-0.2, 0) is 4.57 Å². The van der Waals surface area contributed by atoms with Crippen molar-refractivity contribution >= 4 is 20.2 Å². The van der Waals surface area contributed by atoms with E-state index in [-0.39, 0.29) is 96.2 Å². The number of halogens is 1. The SMILES string of the molecule is Cl.O=P(O)(O)O.[H-].[H-].[K+].[Na+]. The monoisotopic (exact) mass is 198 g/mol. The Balaban J connectivity index is -0.00000000800. The van der Waals surface area contributed by atoms with Crippen LogP contribution in [0.5, 0.6) is 0 Å². The van der Waals surface area contributed by atoms with Gasteiger partial charge in [0.2, 0.25) is 0 Å². The number of rotatable bonds is 0. The van der Waals surface area contributed by atoms with Gasteiger partial charge in [-0.3, -0.25) is 0 Å². The van der Waals surface area contributed by atoms with Crippen molar-refractivity contribution in [2.45, 2.75) is 0 Å². The van der Waals surface area contributed by atoms with Gasteiger partial charge in [-0.05, 0) is 0 Å². The van der Waals surface area contributed by atoms with Crippen molar-refractivity contribution in [1.29, 1.82) is 0 Å². The Morgan fingerprint density at radius 2 is 1.25 bits per heavy atom. The molecule has 0 fully saturated rings. The largest absolute Gasteiger partial charge is 1.00 e. The van der Waals surface area contributed by atoms with E-state index < -0.39 is 7.82 Å². The smallest absolute Gasteiger partial charge is 1.00 e. The fourth-order valence-electron chi connectivity index (χ4n) is 0. The maximum absolute atomic E-state index is 8.88. The van der Waals surface area contributed by atoms with E-state index in [1.54, 1.807) is 0 Å². The van der Waals surface area contributed by atoms with Gasteiger partial charge in [-0.25, -0.2) is 4.57 Å². The zero-order valence-corrected chi connectivity index (χ0v) is 11.4. The van der Waals surface area contributed by atoms with Gasteiger partial charge in [-0.15, -0.1) is 12.4 Å². The van der Waals surface area contributed by atoms with Crippen LogP contribution >= 0.6 is 20.2 Å². The molecule has 0 saturated heterocycles. The summed E-state index contributed by atoms with van der Waals surface area (Å²) in [5.41, 5.74) is 0. The number of hydrogen-bond acceptors (Lipinski definition) is 1. The zero-order valence-electron chi connectivity index (χ0n) is 6.61. The van der Waals surface area contributed by atoms with Crippen LogP contribution in [0.4, 0.5) is 0 Å². The Morgan fingerprint density at radius 3 is 1.25 bits per heavy atom. The predicted molar refractivity (Wildman–Crippen MR) is 23.7 cm³/mol. The molecule has 8 heteroatoms. The minimum Gasteiger partial charge on any atom is -1.00 e. The first-order chi connectivity index (χ1) is 2.00. The van der Waals surface area contributed by atoms with E-state index in [0.29, 0.717) is 0 Å². The van der Waals surface area contributed by atoms with E-state index >= 15 is 0 Å². The van der Waals surface area contributed by atoms with Crippen LogP contribution in [0, 0.1) is 0 Å². The van der Waals surface area contributed by atoms with Crippen LogP contribution in [0.15, 0.2) is 0 Å². The summed E-state index contributed by atoms with van der Waals surface area (Å²) in [6.45, 7) is 0. The molecule has 0 aliphatic carbocycles. The van der Waals surface area contributed by atoms with Gasteiger partial charge in [-0.1, -0.05) is 0 Å². The molecule has 4 nitrogen and oxygen atoms in total. The summed E-state index contributed by atoms with van der Waals surface area (Å²) < 4.78 is 8.88. The molecule has 44 valence electrons. The molecule has 0 aliphatic heterocycles. The van der Waals surface area contributed by atoms with Crippen LogP contribution in [0.1, 0.15) is 2.85 Å². The predicted octanol–water partition coefficient (Wildman–Crippen LogP) is -6.27. The fourth-order valence-corrected chi connectivity index (χ4v) is 0. The van der Waals surface area contributed by atoms with Crippen LogP contribution in [0.3, 0.4) is 0 Å². The van der Waals surface area contributed by atoms with Gasteiger partial charge >= 0.3 is 88.8 Å². The Kier molecular flexibility index (Phi) is 28.2. The summed E-state index contributed by atoms with van der Waals surface area (Å²) in [6.07, 6.45) is 0. The van der Waals surface area contributed by atoms with Gasteiger partial charge in [0.1, 0.15) is 0 Å². The van der Waals surface area contributed by atoms with Crippen molar-refractivity contribution in [1.82, 2.24) is 0 Å². The third kappa shape index (κ3) is 63.3. The molecule has 0 bridgehead atoms. The van der Waals surface area contributed by atoms with Gasteiger partial charge < -0.3 is 17.5 Å². The van der Waals surface area contributed by atoms with Gasteiger partial charge in [0.05, 0.1) is 0 Å². The molecule has 0 atom stereocenters. The molecule has 0 saturated carbocycles. The number of hydrogen-bond donors (Lipinski definition) is 3. The molecule has 0 unspecified atom stereocenters. The second-order valence-corrected chi connectivity index (χ2v) is 1.54. The summed E-state index contributed by atoms with van der Waals surface area (Å²) in [5, 5.41) is 0. The Bertz CT molecular complexity index is 69.4.